The molecule has 1 amide bonds. The summed E-state index contributed by atoms with van der Waals surface area (Å²) in [7, 11) is 0. The second-order valence-electron chi connectivity index (χ2n) is 15.2. The van der Waals surface area contributed by atoms with Crippen molar-refractivity contribution in [2.75, 3.05) is 19.8 Å². The fraction of sp³-hybridized carbons (Fsp3) is 0.240. The average molecular weight is 872 g/mol. The highest BCUT2D eigenvalue weighted by molar-refractivity contribution is 6.01. The third-order valence-corrected chi connectivity index (χ3v) is 10.8. The van der Waals surface area contributed by atoms with Crippen LogP contribution in [0.1, 0.15) is 57.0 Å². The first kappa shape index (κ1) is 45.2. The molecule has 330 valence electrons. The first-order valence-corrected chi connectivity index (χ1v) is 21.3. The molecule has 6 aromatic rings. The van der Waals surface area contributed by atoms with Gasteiger partial charge in [-0.15, -0.1) is 0 Å². The molecular formula is C50H49N9O6. The third kappa shape index (κ3) is 12.0. The van der Waals surface area contributed by atoms with E-state index in [9.17, 15) is 16.2 Å². The molecule has 7 rings (SSSR count). The van der Waals surface area contributed by atoms with Crippen molar-refractivity contribution in [2.24, 2.45) is 15.2 Å². The summed E-state index contributed by atoms with van der Waals surface area (Å²) >= 11 is 0. The number of nitrogens with one attached hydrogen (secondary N) is 2. The van der Waals surface area contributed by atoms with Crippen LogP contribution in [0.5, 0.6) is 17.2 Å². The van der Waals surface area contributed by atoms with Gasteiger partial charge in [0.1, 0.15) is 19.0 Å². The summed E-state index contributed by atoms with van der Waals surface area (Å²) in [6, 6.07) is 47.6. The van der Waals surface area contributed by atoms with Crippen LogP contribution in [-0.4, -0.2) is 42.2 Å². The van der Waals surface area contributed by atoms with Gasteiger partial charge in [-0.05, 0) is 92.8 Å². The highest BCUT2D eigenvalue weighted by Crippen LogP contribution is 2.44. The molecule has 0 bridgehead atoms. The van der Waals surface area contributed by atoms with E-state index >= 15 is 4.79 Å². The lowest BCUT2D eigenvalue weighted by Crippen LogP contribution is -2.54. The van der Waals surface area contributed by atoms with Gasteiger partial charge in [-0.1, -0.05) is 125 Å². The summed E-state index contributed by atoms with van der Waals surface area (Å²) in [5.41, 5.74) is 29.3. The zero-order chi connectivity index (χ0) is 45.1. The summed E-state index contributed by atoms with van der Waals surface area (Å²) in [6.45, 7) is 1.50. The van der Waals surface area contributed by atoms with Gasteiger partial charge in [-0.3, -0.25) is 10.2 Å². The second-order valence-corrected chi connectivity index (χ2v) is 15.2. The summed E-state index contributed by atoms with van der Waals surface area (Å²) in [6.07, 6.45) is 0.0580. The number of nitrogens with zero attached hydrogens (tertiary/aromatic N) is 7. The maximum atomic E-state index is 15.1. The minimum atomic E-state index is -1.63. The molecule has 0 aliphatic carbocycles. The summed E-state index contributed by atoms with van der Waals surface area (Å²) in [4.78, 5) is 26.2. The van der Waals surface area contributed by atoms with Crippen LogP contribution in [0.25, 0.3) is 20.9 Å². The molecule has 6 aromatic carbocycles. The van der Waals surface area contributed by atoms with Crippen molar-refractivity contribution in [2.45, 2.75) is 57.2 Å². The van der Waals surface area contributed by atoms with Crippen LogP contribution in [-0.2, 0) is 48.7 Å². The molecule has 3 N–H and O–H groups in total. The third-order valence-electron chi connectivity index (χ3n) is 10.8. The number of hydrogen-bond donors (Lipinski definition) is 3. The molecule has 15 nitrogen and oxygen atoms in total. The fourth-order valence-corrected chi connectivity index (χ4v) is 7.45. The van der Waals surface area contributed by atoms with Crippen molar-refractivity contribution in [3.05, 3.63) is 217 Å². The van der Waals surface area contributed by atoms with E-state index in [1.807, 2.05) is 127 Å². The number of aliphatic hydroxyl groups is 1. The van der Waals surface area contributed by atoms with Crippen molar-refractivity contribution in [3.8, 4) is 17.2 Å². The normalized spacial score (nSPS) is 15.1. The number of hydrazine groups is 1. The van der Waals surface area contributed by atoms with Crippen molar-refractivity contribution in [1.29, 1.82) is 0 Å². The second kappa shape index (κ2) is 23.0. The van der Waals surface area contributed by atoms with Crippen LogP contribution in [0.4, 0.5) is 0 Å². The zero-order valence-corrected chi connectivity index (χ0v) is 35.7. The lowest BCUT2D eigenvalue weighted by atomic mass is 9.80. The Morgan fingerprint density at radius 2 is 1.32 bits per heavy atom. The number of carbonyl (C=O) groups is 1. The molecule has 0 radical (unpaired) electrons. The van der Waals surface area contributed by atoms with E-state index in [2.05, 4.69) is 30.9 Å². The van der Waals surface area contributed by atoms with Gasteiger partial charge in [0.25, 0.3) is 5.91 Å². The quantitative estimate of drug-likeness (QED) is 0.0187. The van der Waals surface area contributed by atoms with E-state index in [1.165, 1.54) is 0 Å². The number of benzene rings is 6. The summed E-state index contributed by atoms with van der Waals surface area (Å²) < 4.78 is 25.1. The van der Waals surface area contributed by atoms with Gasteiger partial charge >= 0.3 is 0 Å². The van der Waals surface area contributed by atoms with Crippen LogP contribution in [0.3, 0.4) is 0 Å². The first-order chi connectivity index (χ1) is 32.0. The maximum absolute atomic E-state index is 15.1. The van der Waals surface area contributed by atoms with Gasteiger partial charge in [0.2, 0.25) is 5.90 Å². The largest absolute Gasteiger partial charge is 0.494 e. The number of aliphatic hydroxyl groups excluding tert-OH is 1. The molecule has 1 aliphatic rings. The van der Waals surface area contributed by atoms with Crippen molar-refractivity contribution < 1.29 is 28.8 Å². The van der Waals surface area contributed by atoms with E-state index in [0.717, 1.165) is 27.8 Å². The Bertz CT molecular complexity index is 2640. The fourth-order valence-electron chi connectivity index (χ4n) is 7.45. The topological polar surface area (TPSA) is 208 Å². The maximum Gasteiger partial charge on any atom is 0.266 e. The van der Waals surface area contributed by atoms with Crippen LogP contribution >= 0.6 is 0 Å². The van der Waals surface area contributed by atoms with E-state index in [1.54, 1.807) is 24.3 Å². The van der Waals surface area contributed by atoms with Crippen LogP contribution in [0.2, 0.25) is 0 Å². The molecule has 2 atom stereocenters. The van der Waals surface area contributed by atoms with E-state index in [0.29, 0.717) is 73.1 Å². The number of ether oxygens (including phenoxy) is 4. The molecule has 0 aromatic heterocycles. The molecule has 65 heavy (non-hydrogen) atoms. The Kier molecular flexibility index (Phi) is 16.0. The molecule has 0 fully saturated rings. The Labute approximate surface area is 376 Å². The number of carbonyl (C=O) groups excluding carboxylic acids is 1. The van der Waals surface area contributed by atoms with Gasteiger partial charge in [-0.2, -0.15) is 0 Å². The minimum absolute atomic E-state index is 0.0122. The highest BCUT2D eigenvalue weighted by Gasteiger charge is 2.54. The lowest BCUT2D eigenvalue weighted by Gasteiger charge is -2.32. The molecule has 0 spiro atoms. The summed E-state index contributed by atoms with van der Waals surface area (Å²) in [5.74, 6) is 1.55. The number of hydrogen-bond acceptors (Lipinski definition) is 10. The van der Waals surface area contributed by atoms with Gasteiger partial charge in [0.05, 0.1) is 19.7 Å². The van der Waals surface area contributed by atoms with Crippen molar-refractivity contribution >= 4 is 11.8 Å². The minimum Gasteiger partial charge on any atom is -0.494 e. The smallest absolute Gasteiger partial charge is 0.266 e. The molecule has 15 heteroatoms. The SMILES string of the molecule is [N-]=[N+]=NCc1ccccc1C[C@]1(C(=O)NNCCc2ccc(OCc3ccccc3)c(OCc3ccccc3)c2)N=C(c2ccc(OCCCO)cc2)O[C@H]1c1ccccc1CN=[N+]=[N-]. The zero-order valence-electron chi connectivity index (χ0n) is 35.7. The van der Waals surface area contributed by atoms with Gasteiger partial charge < -0.3 is 24.1 Å². The number of aliphatic imine (C=N–C) groups is 1. The number of azide groups is 2. The van der Waals surface area contributed by atoms with Gasteiger partial charge in [0, 0.05) is 41.4 Å². The predicted molar refractivity (Wildman–Crippen MR) is 247 cm³/mol. The van der Waals surface area contributed by atoms with E-state index < -0.39 is 17.6 Å². The standard InChI is InChI=1S/C50H49N9O6/c51-58-54-32-41-17-8-7-16-40(41)31-50(47(44-19-10-9-18-42(44)33-55-59-52)65-48(56-50)39-21-23-43(24-22-39)62-29-11-28-60)49(61)57-53-27-26-36-20-25-45(63-34-37-12-3-1-4-13-37)46(30-36)64-35-38-14-5-2-6-15-38/h1-10,12-25,30,47,53,60H,11,26-29,31-35H2,(H,57,61)/t47-,50-/m0/s1. The molecule has 0 saturated carbocycles. The first-order valence-electron chi connectivity index (χ1n) is 21.3. The number of rotatable bonds is 23. The molecule has 1 aliphatic heterocycles. The van der Waals surface area contributed by atoms with Crippen LogP contribution in [0, 0.1) is 0 Å². The monoisotopic (exact) mass is 871 g/mol. The Morgan fingerprint density at radius 3 is 2.00 bits per heavy atom. The molecule has 1 heterocycles. The van der Waals surface area contributed by atoms with Crippen molar-refractivity contribution in [1.82, 2.24) is 10.9 Å². The average Bonchev–Trinajstić information content (AvgIpc) is 3.74. The molecular weight excluding hydrogens is 823 g/mol. The van der Waals surface area contributed by atoms with E-state index in [-0.39, 0.29) is 32.0 Å². The molecule has 0 unspecified atom stereocenters. The van der Waals surface area contributed by atoms with Gasteiger partial charge in [-0.25, -0.2) is 10.4 Å². The summed E-state index contributed by atoms with van der Waals surface area (Å²) in [5, 5.41) is 16.9. The Balaban J connectivity index is 1.18. The van der Waals surface area contributed by atoms with Crippen LogP contribution < -0.4 is 25.1 Å². The molecule has 0 saturated heterocycles. The Morgan fingerprint density at radius 1 is 0.708 bits per heavy atom. The lowest BCUT2D eigenvalue weighted by molar-refractivity contribution is -0.130. The van der Waals surface area contributed by atoms with Gasteiger partial charge in [0.15, 0.2) is 23.1 Å². The highest BCUT2D eigenvalue weighted by atomic mass is 16.5. The predicted octanol–water partition coefficient (Wildman–Crippen LogP) is 9.59. The number of amides is 1. The van der Waals surface area contributed by atoms with Crippen molar-refractivity contribution in [3.63, 3.8) is 0 Å². The van der Waals surface area contributed by atoms with Crippen LogP contribution in [0.15, 0.2) is 167 Å². The van der Waals surface area contributed by atoms with E-state index in [4.69, 9.17) is 23.9 Å². The Hall–Kier alpha value is -7.80.